The van der Waals surface area contributed by atoms with Gasteiger partial charge in [0.25, 0.3) is 5.56 Å². The number of nitrogens with zero attached hydrogens (tertiary/aromatic N) is 3. The van der Waals surface area contributed by atoms with E-state index in [4.69, 9.17) is 14.5 Å². The normalized spacial score (nSPS) is 15.0. The van der Waals surface area contributed by atoms with Crippen LogP contribution in [0.25, 0.3) is 10.9 Å². The Morgan fingerprint density at radius 1 is 1.29 bits per heavy atom. The molecule has 0 radical (unpaired) electrons. The van der Waals surface area contributed by atoms with Crippen molar-refractivity contribution in [3.63, 3.8) is 0 Å². The molecule has 6 nitrogen and oxygen atoms in total. The van der Waals surface area contributed by atoms with Gasteiger partial charge in [0.1, 0.15) is 0 Å². The van der Waals surface area contributed by atoms with E-state index < -0.39 is 0 Å². The van der Waals surface area contributed by atoms with E-state index in [1.54, 1.807) is 30.9 Å². The van der Waals surface area contributed by atoms with Crippen molar-refractivity contribution < 1.29 is 9.47 Å². The molecule has 1 atom stereocenters. The molecular weight excluding hydrogens is 374 g/mol. The summed E-state index contributed by atoms with van der Waals surface area (Å²) in [7, 11) is 3.10. The maximum atomic E-state index is 13.3. The van der Waals surface area contributed by atoms with E-state index in [9.17, 15) is 10.1 Å². The van der Waals surface area contributed by atoms with Crippen LogP contribution in [0.5, 0.6) is 11.5 Å². The van der Waals surface area contributed by atoms with Gasteiger partial charge >= 0.3 is 0 Å². The van der Waals surface area contributed by atoms with Crippen LogP contribution in [-0.2, 0) is 6.54 Å². The van der Waals surface area contributed by atoms with Crippen molar-refractivity contribution in [2.45, 2.75) is 56.0 Å². The van der Waals surface area contributed by atoms with Gasteiger partial charge in [-0.3, -0.25) is 9.36 Å². The molecule has 2 aromatic rings. The lowest BCUT2D eigenvalue weighted by molar-refractivity contribution is 0.355. The molecule has 1 aliphatic rings. The fraction of sp³-hybridized carbons (Fsp3) is 0.476. The number of rotatable bonds is 7. The molecule has 1 heterocycles. The van der Waals surface area contributed by atoms with Crippen molar-refractivity contribution in [1.82, 2.24) is 9.55 Å². The number of hydrogen-bond acceptors (Lipinski definition) is 6. The average molecular weight is 400 g/mol. The van der Waals surface area contributed by atoms with Gasteiger partial charge in [-0.2, -0.15) is 5.26 Å². The lowest BCUT2D eigenvalue weighted by atomic mass is 9.97. The minimum absolute atomic E-state index is 0.116. The van der Waals surface area contributed by atoms with Crippen molar-refractivity contribution in [3.8, 4) is 17.6 Å². The summed E-state index contributed by atoms with van der Waals surface area (Å²) in [5.74, 6) is 1.03. The monoisotopic (exact) mass is 399 g/mol. The van der Waals surface area contributed by atoms with Gasteiger partial charge < -0.3 is 9.47 Å². The standard InChI is InChI=1S/C21H25N3O3S/c1-14(13-22)28-21-23-17-12-19(27-3)18(26-2)11-16(17)20(25)24(21)10-9-15-7-5-4-6-8-15/h7,11-12,14H,4-6,8-10H2,1-3H3/t14-/m0/s1. The van der Waals surface area contributed by atoms with Crippen LogP contribution < -0.4 is 15.0 Å². The summed E-state index contributed by atoms with van der Waals surface area (Å²) in [4.78, 5) is 18.0. The predicted molar refractivity (Wildman–Crippen MR) is 111 cm³/mol. The van der Waals surface area contributed by atoms with Crippen LogP contribution in [0.15, 0.2) is 33.7 Å². The number of aromatic nitrogens is 2. The highest BCUT2D eigenvalue weighted by molar-refractivity contribution is 8.00. The Labute approximate surface area is 169 Å². The van der Waals surface area contributed by atoms with E-state index in [1.807, 2.05) is 6.92 Å². The van der Waals surface area contributed by atoms with E-state index in [0.29, 0.717) is 34.1 Å². The minimum atomic E-state index is -0.301. The third kappa shape index (κ3) is 4.33. The highest BCUT2D eigenvalue weighted by Crippen LogP contribution is 2.32. The lowest BCUT2D eigenvalue weighted by Crippen LogP contribution is -2.24. The van der Waals surface area contributed by atoms with Crippen LogP contribution in [0.2, 0.25) is 0 Å². The molecule has 0 fully saturated rings. The highest BCUT2D eigenvalue weighted by atomic mass is 32.2. The molecule has 0 saturated heterocycles. The third-order valence-corrected chi connectivity index (χ3v) is 5.91. The predicted octanol–water partition coefficient (Wildman–Crippen LogP) is 4.31. The Kier molecular flexibility index (Phi) is 6.63. The van der Waals surface area contributed by atoms with Crippen LogP contribution in [0.1, 0.15) is 39.0 Å². The molecule has 28 heavy (non-hydrogen) atoms. The molecule has 0 aliphatic heterocycles. The molecule has 0 N–H and O–H groups in total. The summed E-state index contributed by atoms with van der Waals surface area (Å²) >= 11 is 1.31. The molecule has 0 unspecified atom stereocenters. The van der Waals surface area contributed by atoms with Crippen molar-refractivity contribution in [1.29, 1.82) is 5.26 Å². The summed E-state index contributed by atoms with van der Waals surface area (Å²) in [6, 6.07) is 5.60. The van der Waals surface area contributed by atoms with E-state index >= 15 is 0 Å². The van der Waals surface area contributed by atoms with Crippen LogP contribution in [0.3, 0.4) is 0 Å². The second-order valence-electron chi connectivity index (χ2n) is 6.82. The molecule has 7 heteroatoms. The Morgan fingerprint density at radius 2 is 2.04 bits per heavy atom. The van der Waals surface area contributed by atoms with E-state index in [2.05, 4.69) is 12.1 Å². The maximum Gasteiger partial charge on any atom is 0.262 e. The zero-order valence-corrected chi connectivity index (χ0v) is 17.3. The van der Waals surface area contributed by atoms with Gasteiger partial charge in [-0.05, 0) is 45.1 Å². The summed E-state index contributed by atoms with van der Waals surface area (Å²) in [6.07, 6.45) is 7.78. The van der Waals surface area contributed by atoms with Gasteiger partial charge in [0, 0.05) is 12.6 Å². The highest BCUT2D eigenvalue weighted by Gasteiger charge is 2.17. The number of fused-ring (bicyclic) bond motifs is 1. The summed E-state index contributed by atoms with van der Waals surface area (Å²) in [5, 5.41) is 9.98. The molecule has 0 spiro atoms. The van der Waals surface area contributed by atoms with Gasteiger partial charge in [-0.1, -0.05) is 23.4 Å². The zero-order chi connectivity index (χ0) is 20.1. The fourth-order valence-electron chi connectivity index (χ4n) is 3.39. The van der Waals surface area contributed by atoms with Gasteiger partial charge in [0.05, 0.1) is 36.4 Å². The second kappa shape index (κ2) is 9.16. The first-order valence-corrected chi connectivity index (χ1v) is 10.4. The smallest absolute Gasteiger partial charge is 0.262 e. The van der Waals surface area contributed by atoms with Crippen LogP contribution >= 0.6 is 11.8 Å². The average Bonchev–Trinajstić information content (AvgIpc) is 2.73. The topological polar surface area (TPSA) is 77.1 Å². The number of methoxy groups -OCH3 is 2. The molecule has 3 rings (SSSR count). The number of ether oxygens (including phenoxy) is 2. The van der Waals surface area contributed by atoms with Crippen LogP contribution in [0, 0.1) is 11.3 Å². The van der Waals surface area contributed by atoms with Crippen LogP contribution in [-0.4, -0.2) is 29.0 Å². The molecule has 0 saturated carbocycles. The molecule has 0 bridgehead atoms. The minimum Gasteiger partial charge on any atom is -0.493 e. The zero-order valence-electron chi connectivity index (χ0n) is 16.5. The van der Waals surface area contributed by atoms with Crippen molar-refractivity contribution >= 4 is 22.7 Å². The first-order valence-electron chi connectivity index (χ1n) is 9.48. The van der Waals surface area contributed by atoms with Crippen molar-refractivity contribution in [3.05, 3.63) is 34.1 Å². The largest absolute Gasteiger partial charge is 0.493 e. The number of allylic oxidation sites excluding steroid dienone is 2. The number of nitriles is 1. The Morgan fingerprint density at radius 3 is 2.68 bits per heavy atom. The SMILES string of the molecule is COc1cc2nc(S[C@@H](C)C#N)n(CCC3=CCCCC3)c(=O)c2cc1OC. The van der Waals surface area contributed by atoms with E-state index in [0.717, 1.165) is 19.3 Å². The van der Waals surface area contributed by atoms with Crippen molar-refractivity contribution in [2.24, 2.45) is 0 Å². The molecular formula is C21H25N3O3S. The molecule has 1 aliphatic carbocycles. The number of hydrogen-bond donors (Lipinski definition) is 0. The fourth-order valence-corrected chi connectivity index (χ4v) is 4.21. The molecule has 148 valence electrons. The van der Waals surface area contributed by atoms with Gasteiger partial charge in [-0.25, -0.2) is 4.98 Å². The molecule has 1 aromatic heterocycles. The quantitative estimate of drug-likeness (QED) is 0.392. The molecule has 0 amide bonds. The number of thioether (sulfide) groups is 1. The summed E-state index contributed by atoms with van der Waals surface area (Å²) < 4.78 is 12.4. The Hall–Kier alpha value is -2.46. The maximum absolute atomic E-state index is 13.3. The first kappa shape index (κ1) is 20.3. The van der Waals surface area contributed by atoms with Gasteiger partial charge in [-0.15, -0.1) is 0 Å². The lowest BCUT2D eigenvalue weighted by Gasteiger charge is -2.17. The Balaban J connectivity index is 2.08. The third-order valence-electron chi connectivity index (χ3n) is 4.93. The van der Waals surface area contributed by atoms with Gasteiger partial charge in [0.2, 0.25) is 0 Å². The summed E-state index contributed by atoms with van der Waals surface area (Å²) in [5.41, 5.74) is 1.83. The second-order valence-corrected chi connectivity index (χ2v) is 8.13. The van der Waals surface area contributed by atoms with E-state index in [-0.39, 0.29) is 10.8 Å². The Bertz CT molecular complexity index is 991. The summed E-state index contributed by atoms with van der Waals surface area (Å²) in [6.45, 7) is 2.37. The van der Waals surface area contributed by atoms with Crippen molar-refractivity contribution in [2.75, 3.05) is 14.2 Å². The van der Waals surface area contributed by atoms with Gasteiger partial charge in [0.15, 0.2) is 16.7 Å². The van der Waals surface area contributed by atoms with E-state index in [1.165, 1.54) is 30.2 Å². The van der Waals surface area contributed by atoms with Crippen LogP contribution in [0.4, 0.5) is 0 Å². The first-order chi connectivity index (χ1) is 13.6. The molecule has 1 aromatic carbocycles. The number of benzene rings is 1.